The summed E-state index contributed by atoms with van der Waals surface area (Å²) in [7, 11) is 0. The topological polar surface area (TPSA) is 12.0 Å². The van der Waals surface area contributed by atoms with Gasteiger partial charge in [0.25, 0.3) is 0 Å². The predicted octanol–water partition coefficient (Wildman–Crippen LogP) is 6.20. The molecule has 0 radical (unpaired) electrons. The number of halogens is 4. The third-order valence-corrected chi connectivity index (χ3v) is 5.00. The summed E-state index contributed by atoms with van der Waals surface area (Å²) < 4.78 is 16.3. The van der Waals surface area contributed by atoms with Crippen LogP contribution in [0.4, 0.5) is 4.39 Å². The smallest absolute Gasteiger partial charge is 0.137 e. The average Bonchev–Trinajstić information content (AvgIpc) is 2.46. The molecule has 0 spiro atoms. The minimum Gasteiger partial charge on any atom is -0.306 e. The molecule has 0 aliphatic carbocycles. The first kappa shape index (κ1) is 17.1. The molecule has 0 amide bonds. The fraction of sp³-hybridized carbons (Fsp3) is 0.250. The third kappa shape index (κ3) is 4.38. The number of hydrogen-bond acceptors (Lipinski definition) is 1. The summed E-state index contributed by atoms with van der Waals surface area (Å²) >= 11 is 10.3. The second-order valence-electron chi connectivity index (χ2n) is 4.73. The highest BCUT2D eigenvalue weighted by atomic mass is 79.9. The Bertz CT molecular complexity index is 631. The lowest BCUT2D eigenvalue weighted by atomic mass is 9.98. The molecule has 1 N–H and O–H groups in total. The first-order chi connectivity index (χ1) is 10.0. The summed E-state index contributed by atoms with van der Waals surface area (Å²) in [6, 6.07) is 11.2. The summed E-state index contributed by atoms with van der Waals surface area (Å²) in [5.41, 5.74) is 1.99. The van der Waals surface area contributed by atoms with E-state index in [1.807, 2.05) is 18.2 Å². The quantitative estimate of drug-likeness (QED) is 0.538. The van der Waals surface area contributed by atoms with E-state index >= 15 is 0 Å². The molecule has 0 aromatic heterocycles. The highest BCUT2D eigenvalue weighted by molar-refractivity contribution is 9.11. The fourth-order valence-corrected chi connectivity index (χ4v) is 3.22. The summed E-state index contributed by atoms with van der Waals surface area (Å²) in [6.07, 6.45) is 1.02. The van der Waals surface area contributed by atoms with E-state index in [1.54, 1.807) is 12.1 Å². The van der Waals surface area contributed by atoms with Crippen LogP contribution in [0.25, 0.3) is 0 Å². The van der Waals surface area contributed by atoms with Gasteiger partial charge in [-0.25, -0.2) is 4.39 Å². The Hall–Kier alpha value is -0.230. The fourth-order valence-electron chi connectivity index (χ4n) is 2.12. The molecule has 0 aliphatic rings. The Morgan fingerprint density at radius 3 is 2.43 bits per heavy atom. The van der Waals surface area contributed by atoms with E-state index in [2.05, 4.69) is 66.1 Å². The van der Waals surface area contributed by atoms with Gasteiger partial charge in [0, 0.05) is 8.95 Å². The van der Waals surface area contributed by atoms with Crippen molar-refractivity contribution >= 4 is 47.8 Å². The normalized spacial score (nSPS) is 12.4. The lowest BCUT2D eigenvalue weighted by Crippen LogP contribution is -2.23. The summed E-state index contributed by atoms with van der Waals surface area (Å²) in [6.45, 7) is 2.98. The monoisotopic (exact) mass is 477 g/mol. The van der Waals surface area contributed by atoms with Gasteiger partial charge in [0.1, 0.15) is 5.82 Å². The average molecular weight is 480 g/mol. The van der Waals surface area contributed by atoms with Crippen LogP contribution in [0.15, 0.2) is 49.8 Å². The van der Waals surface area contributed by atoms with Crippen molar-refractivity contribution in [2.75, 3.05) is 6.54 Å². The van der Waals surface area contributed by atoms with Crippen LogP contribution in [-0.2, 0) is 0 Å². The number of rotatable bonds is 5. The summed E-state index contributed by atoms with van der Waals surface area (Å²) in [5, 5.41) is 3.48. The predicted molar refractivity (Wildman–Crippen MR) is 96.1 cm³/mol. The van der Waals surface area contributed by atoms with Crippen LogP contribution in [0.3, 0.4) is 0 Å². The molecule has 0 saturated carbocycles. The van der Waals surface area contributed by atoms with Crippen LogP contribution < -0.4 is 5.32 Å². The lowest BCUT2D eigenvalue weighted by molar-refractivity contribution is 0.582. The van der Waals surface area contributed by atoms with Gasteiger partial charge < -0.3 is 5.32 Å². The van der Waals surface area contributed by atoms with E-state index < -0.39 is 0 Å². The molecule has 112 valence electrons. The number of hydrogen-bond donors (Lipinski definition) is 1. The van der Waals surface area contributed by atoms with Crippen LogP contribution in [-0.4, -0.2) is 6.54 Å². The van der Waals surface area contributed by atoms with Gasteiger partial charge in [0.2, 0.25) is 0 Å². The second kappa shape index (κ2) is 7.86. The standard InChI is InChI=1S/C16H15Br3FN/c1-2-7-21-16(10-3-5-14(19)15(20)8-10)12-9-11(17)4-6-13(12)18/h3-6,8-9,16,21H,2,7H2,1H3. The Labute approximate surface area is 149 Å². The van der Waals surface area contributed by atoms with Crippen molar-refractivity contribution in [2.24, 2.45) is 0 Å². The number of benzene rings is 2. The van der Waals surface area contributed by atoms with Crippen LogP contribution in [0.1, 0.15) is 30.5 Å². The molecule has 1 atom stereocenters. The summed E-state index contributed by atoms with van der Waals surface area (Å²) in [4.78, 5) is 0. The number of nitrogens with one attached hydrogen (secondary N) is 1. The maximum atomic E-state index is 13.9. The van der Waals surface area contributed by atoms with E-state index in [4.69, 9.17) is 0 Å². The van der Waals surface area contributed by atoms with Crippen LogP contribution >= 0.6 is 47.8 Å². The molecule has 0 aliphatic heterocycles. The molecule has 0 heterocycles. The van der Waals surface area contributed by atoms with Gasteiger partial charge in [-0.3, -0.25) is 0 Å². The zero-order valence-corrected chi connectivity index (χ0v) is 16.2. The Balaban J connectivity index is 2.46. The van der Waals surface area contributed by atoms with Gasteiger partial charge in [-0.15, -0.1) is 0 Å². The third-order valence-electron chi connectivity index (χ3n) is 3.14. The molecule has 2 rings (SSSR count). The molecule has 1 unspecified atom stereocenters. The van der Waals surface area contributed by atoms with Crippen molar-refractivity contribution < 1.29 is 4.39 Å². The molecule has 21 heavy (non-hydrogen) atoms. The molecule has 0 fully saturated rings. The molecule has 5 heteroatoms. The largest absolute Gasteiger partial charge is 0.306 e. The zero-order chi connectivity index (χ0) is 15.4. The highest BCUT2D eigenvalue weighted by Crippen LogP contribution is 2.32. The van der Waals surface area contributed by atoms with E-state index in [-0.39, 0.29) is 11.9 Å². The maximum Gasteiger partial charge on any atom is 0.137 e. The maximum absolute atomic E-state index is 13.9. The minimum atomic E-state index is -0.248. The Morgan fingerprint density at radius 2 is 1.76 bits per heavy atom. The van der Waals surface area contributed by atoms with Crippen molar-refractivity contribution in [2.45, 2.75) is 19.4 Å². The van der Waals surface area contributed by atoms with Crippen LogP contribution in [0.5, 0.6) is 0 Å². The Kier molecular flexibility index (Phi) is 6.41. The first-order valence-electron chi connectivity index (χ1n) is 6.66. The second-order valence-corrected chi connectivity index (χ2v) is 7.35. The van der Waals surface area contributed by atoms with Gasteiger partial charge in [-0.1, -0.05) is 44.8 Å². The molecular formula is C16H15Br3FN. The molecular weight excluding hydrogens is 465 g/mol. The van der Waals surface area contributed by atoms with E-state index in [0.29, 0.717) is 4.47 Å². The Morgan fingerprint density at radius 1 is 1.05 bits per heavy atom. The van der Waals surface area contributed by atoms with Crippen LogP contribution in [0, 0.1) is 5.82 Å². The molecule has 1 nitrogen and oxygen atoms in total. The van der Waals surface area contributed by atoms with Gasteiger partial charge >= 0.3 is 0 Å². The SMILES string of the molecule is CCCNC(c1ccc(Br)c(F)c1)c1cc(Br)ccc1Br. The van der Waals surface area contributed by atoms with Crippen molar-refractivity contribution in [1.82, 2.24) is 5.32 Å². The van der Waals surface area contributed by atoms with Gasteiger partial charge in [0.15, 0.2) is 0 Å². The van der Waals surface area contributed by atoms with Crippen molar-refractivity contribution in [1.29, 1.82) is 0 Å². The van der Waals surface area contributed by atoms with E-state index in [9.17, 15) is 4.39 Å². The lowest BCUT2D eigenvalue weighted by Gasteiger charge is -2.21. The zero-order valence-electron chi connectivity index (χ0n) is 11.5. The van der Waals surface area contributed by atoms with Crippen molar-refractivity contribution in [3.05, 3.63) is 66.8 Å². The highest BCUT2D eigenvalue weighted by Gasteiger charge is 2.17. The van der Waals surface area contributed by atoms with Crippen molar-refractivity contribution in [3.63, 3.8) is 0 Å². The van der Waals surface area contributed by atoms with Gasteiger partial charge in [-0.05, 0) is 70.4 Å². The molecule has 2 aromatic carbocycles. The van der Waals surface area contributed by atoms with Gasteiger partial charge in [0.05, 0.1) is 10.5 Å². The van der Waals surface area contributed by atoms with Crippen LogP contribution in [0.2, 0.25) is 0 Å². The van der Waals surface area contributed by atoms with Gasteiger partial charge in [-0.2, -0.15) is 0 Å². The van der Waals surface area contributed by atoms with Crippen molar-refractivity contribution in [3.8, 4) is 0 Å². The van der Waals surface area contributed by atoms with E-state index in [1.165, 1.54) is 0 Å². The molecule has 2 aromatic rings. The summed E-state index contributed by atoms with van der Waals surface area (Å²) in [5.74, 6) is -0.248. The van der Waals surface area contributed by atoms with E-state index in [0.717, 1.165) is 33.0 Å². The first-order valence-corrected chi connectivity index (χ1v) is 9.04. The molecule has 0 saturated heterocycles. The minimum absolute atomic E-state index is 0.0561. The molecule has 0 bridgehead atoms.